The first kappa shape index (κ1) is 26.7. The number of amides is 1. The predicted octanol–water partition coefficient (Wildman–Crippen LogP) is 4.30. The molecule has 2 atom stereocenters. The van der Waals surface area contributed by atoms with E-state index in [1.165, 1.54) is 31.3 Å². The van der Waals surface area contributed by atoms with Gasteiger partial charge in [0.1, 0.15) is 18.1 Å². The lowest BCUT2D eigenvalue weighted by molar-refractivity contribution is -0.145. The molecule has 0 aliphatic carbocycles. The lowest BCUT2D eigenvalue weighted by Crippen LogP contribution is -2.45. The number of methoxy groups -OCH3 is 2. The van der Waals surface area contributed by atoms with E-state index < -0.39 is 27.0 Å². The van der Waals surface area contributed by atoms with Crippen LogP contribution in [0.1, 0.15) is 5.56 Å². The molecule has 0 fully saturated rings. The Kier molecular flexibility index (Phi) is 8.16. The Morgan fingerprint density at radius 2 is 1.57 bits per heavy atom. The van der Waals surface area contributed by atoms with Gasteiger partial charge in [0.25, 0.3) is 5.91 Å². The monoisotopic (exact) mass is 543 g/mol. The average molecular weight is 544 g/mol. The lowest BCUT2D eigenvalue weighted by Gasteiger charge is -2.27. The first-order valence-corrected chi connectivity index (χ1v) is 13.4. The van der Waals surface area contributed by atoms with Crippen LogP contribution in [-0.2, 0) is 35.3 Å². The molecule has 0 radical (unpaired) electrons. The first-order chi connectivity index (χ1) is 17.7. The molecular formula is C27H26ClNO7S. The van der Waals surface area contributed by atoms with E-state index in [2.05, 4.69) is 0 Å². The Morgan fingerprint density at radius 3 is 2.19 bits per heavy atom. The number of halogens is 1. The van der Waals surface area contributed by atoms with Gasteiger partial charge in [-0.2, -0.15) is 0 Å². The topological polar surface area (TPSA) is 99.2 Å². The van der Waals surface area contributed by atoms with Crippen molar-refractivity contribution in [3.63, 3.8) is 0 Å². The summed E-state index contributed by atoms with van der Waals surface area (Å²) in [5.74, 6) is -1.22. The second kappa shape index (κ2) is 11.3. The van der Waals surface area contributed by atoms with Gasteiger partial charge in [-0.05, 0) is 66.6 Å². The van der Waals surface area contributed by atoms with Crippen molar-refractivity contribution in [1.82, 2.24) is 0 Å². The number of esters is 1. The average Bonchev–Trinajstić information content (AvgIpc) is 3.08. The second-order valence-electron chi connectivity index (χ2n) is 8.51. The van der Waals surface area contributed by atoms with Gasteiger partial charge < -0.3 is 19.1 Å². The molecule has 2 unspecified atom stereocenters. The van der Waals surface area contributed by atoms with Crippen LogP contribution in [0.5, 0.6) is 11.5 Å². The summed E-state index contributed by atoms with van der Waals surface area (Å²) in [5.41, 5.74) is 1.18. The summed E-state index contributed by atoms with van der Waals surface area (Å²) in [5, 5.41) is -0.592. The SMILES string of the molecule is COCC(=O)N1CC(C(=O)OC)C(S(=O)(=O)c2ccc(Oc3ccc(Cl)cc3)cc2)Cc2ccccc21. The second-order valence-corrected chi connectivity index (χ2v) is 11.1. The highest BCUT2D eigenvalue weighted by molar-refractivity contribution is 7.92. The molecule has 10 heteroatoms. The van der Waals surface area contributed by atoms with Gasteiger partial charge in [0.15, 0.2) is 9.84 Å². The van der Waals surface area contributed by atoms with Crippen LogP contribution >= 0.6 is 11.6 Å². The number of fused-ring (bicyclic) bond motifs is 1. The third-order valence-electron chi connectivity index (χ3n) is 6.20. The van der Waals surface area contributed by atoms with Crippen LogP contribution in [0.25, 0.3) is 0 Å². The summed E-state index contributed by atoms with van der Waals surface area (Å²) in [6.45, 7) is -0.373. The largest absolute Gasteiger partial charge is 0.469 e. The highest BCUT2D eigenvalue weighted by Gasteiger charge is 2.44. The summed E-state index contributed by atoms with van der Waals surface area (Å²) in [4.78, 5) is 27.2. The van der Waals surface area contributed by atoms with Gasteiger partial charge in [-0.1, -0.05) is 29.8 Å². The number of rotatable bonds is 7. The predicted molar refractivity (Wildman–Crippen MR) is 139 cm³/mol. The van der Waals surface area contributed by atoms with Crippen LogP contribution in [0.2, 0.25) is 5.02 Å². The Labute approximate surface area is 220 Å². The maximum absolute atomic E-state index is 13.9. The number of carbonyl (C=O) groups is 2. The molecule has 8 nitrogen and oxygen atoms in total. The van der Waals surface area contributed by atoms with E-state index in [0.717, 1.165) is 0 Å². The molecule has 4 rings (SSSR count). The number of hydrogen-bond acceptors (Lipinski definition) is 7. The van der Waals surface area contributed by atoms with Crippen LogP contribution in [0.15, 0.2) is 77.7 Å². The molecule has 1 aliphatic rings. The number of hydrogen-bond donors (Lipinski definition) is 0. The van der Waals surface area contributed by atoms with Gasteiger partial charge in [0.05, 0.1) is 23.2 Å². The maximum atomic E-state index is 13.9. The third kappa shape index (κ3) is 5.79. The zero-order chi connectivity index (χ0) is 26.6. The number of carbonyl (C=O) groups excluding carboxylic acids is 2. The van der Waals surface area contributed by atoms with Crippen molar-refractivity contribution in [3.05, 3.63) is 83.4 Å². The van der Waals surface area contributed by atoms with Crippen molar-refractivity contribution in [2.75, 3.05) is 32.3 Å². The van der Waals surface area contributed by atoms with Gasteiger partial charge in [0, 0.05) is 24.4 Å². The molecule has 0 saturated heterocycles. The molecular weight excluding hydrogens is 518 g/mol. The zero-order valence-electron chi connectivity index (χ0n) is 20.3. The molecule has 1 aliphatic heterocycles. The number of sulfone groups is 1. The molecule has 37 heavy (non-hydrogen) atoms. The summed E-state index contributed by atoms with van der Waals surface area (Å²) >= 11 is 5.91. The fraction of sp³-hybridized carbons (Fsp3) is 0.259. The first-order valence-electron chi connectivity index (χ1n) is 11.5. The van der Waals surface area contributed by atoms with Crippen LogP contribution < -0.4 is 9.64 Å². The van der Waals surface area contributed by atoms with Gasteiger partial charge in [-0.3, -0.25) is 9.59 Å². The maximum Gasteiger partial charge on any atom is 0.311 e. The van der Waals surface area contributed by atoms with Crippen molar-refractivity contribution in [3.8, 4) is 11.5 Å². The number of ether oxygens (including phenoxy) is 3. The number of nitrogens with zero attached hydrogens (tertiary/aromatic N) is 1. The number of anilines is 1. The minimum atomic E-state index is -4.03. The minimum absolute atomic E-state index is 0.0259. The van der Waals surface area contributed by atoms with Gasteiger partial charge in [0.2, 0.25) is 0 Å². The summed E-state index contributed by atoms with van der Waals surface area (Å²) in [7, 11) is -1.43. The Hall–Kier alpha value is -3.40. The molecule has 0 N–H and O–H groups in total. The number of para-hydroxylation sites is 1. The Balaban J connectivity index is 1.69. The highest BCUT2D eigenvalue weighted by atomic mass is 35.5. The van der Waals surface area contributed by atoms with Crippen molar-refractivity contribution in [1.29, 1.82) is 0 Å². The lowest BCUT2D eigenvalue weighted by atomic mass is 10.0. The molecule has 1 heterocycles. The molecule has 1 amide bonds. The normalized spacial score (nSPS) is 17.4. The van der Waals surface area contributed by atoms with E-state index in [9.17, 15) is 18.0 Å². The fourth-order valence-corrected chi connectivity index (χ4v) is 6.39. The Morgan fingerprint density at radius 1 is 0.946 bits per heavy atom. The van der Waals surface area contributed by atoms with E-state index >= 15 is 0 Å². The highest BCUT2D eigenvalue weighted by Crippen LogP contribution is 2.35. The van der Waals surface area contributed by atoms with Gasteiger partial charge in [-0.15, -0.1) is 0 Å². The fourth-order valence-electron chi connectivity index (χ4n) is 4.37. The molecule has 0 aromatic heterocycles. The van der Waals surface area contributed by atoms with Crippen molar-refractivity contribution >= 4 is 39.0 Å². The third-order valence-corrected chi connectivity index (χ3v) is 8.68. The van der Waals surface area contributed by atoms with Crippen LogP contribution in [0.3, 0.4) is 0 Å². The van der Waals surface area contributed by atoms with E-state index in [4.69, 9.17) is 25.8 Å². The van der Waals surface area contributed by atoms with E-state index in [1.807, 2.05) is 0 Å². The molecule has 0 bridgehead atoms. The molecule has 3 aromatic rings. The summed E-state index contributed by atoms with van der Waals surface area (Å²) in [6, 6.07) is 19.8. The van der Waals surface area contributed by atoms with Crippen molar-refractivity contribution in [2.24, 2.45) is 5.92 Å². The minimum Gasteiger partial charge on any atom is -0.469 e. The van der Waals surface area contributed by atoms with Crippen LogP contribution in [0.4, 0.5) is 5.69 Å². The van der Waals surface area contributed by atoms with Crippen LogP contribution in [-0.4, -0.2) is 52.9 Å². The standard InChI is InChI=1S/C27H26ClNO7S/c1-34-17-26(30)29-16-23(27(31)35-2)25(15-18-5-3-4-6-24(18)29)37(32,33)22-13-11-21(12-14-22)36-20-9-7-19(28)8-10-20/h3-14,23,25H,15-17H2,1-2H3. The summed E-state index contributed by atoms with van der Waals surface area (Å²) < 4.78 is 43.6. The van der Waals surface area contributed by atoms with Gasteiger partial charge >= 0.3 is 5.97 Å². The molecule has 0 spiro atoms. The quantitative estimate of drug-likeness (QED) is 0.410. The van der Waals surface area contributed by atoms with E-state index in [-0.39, 0.29) is 30.4 Å². The molecule has 194 valence electrons. The molecule has 3 aromatic carbocycles. The van der Waals surface area contributed by atoms with Crippen molar-refractivity contribution in [2.45, 2.75) is 16.6 Å². The van der Waals surface area contributed by atoms with E-state index in [0.29, 0.717) is 27.8 Å². The molecule has 0 saturated carbocycles. The van der Waals surface area contributed by atoms with Crippen LogP contribution in [0, 0.1) is 5.92 Å². The van der Waals surface area contributed by atoms with E-state index in [1.54, 1.807) is 60.7 Å². The summed E-state index contributed by atoms with van der Waals surface area (Å²) in [6.07, 6.45) is 0.0259. The zero-order valence-corrected chi connectivity index (χ0v) is 21.9. The van der Waals surface area contributed by atoms with Crippen molar-refractivity contribution < 1.29 is 32.2 Å². The number of benzene rings is 3. The Bertz CT molecular complexity index is 1370. The smallest absolute Gasteiger partial charge is 0.311 e. The van der Waals surface area contributed by atoms with Gasteiger partial charge in [-0.25, -0.2) is 8.42 Å².